The molecule has 0 spiro atoms. The van der Waals surface area contributed by atoms with Crippen LogP contribution in [-0.4, -0.2) is 58.5 Å². The SMILES string of the molecule is CC(N)c1c(Cl)ccc(/C(=C/C=C(\N)CCC(C)(C)S(O)(O)C(C)C)C(C)[C@H](Cc2cc(F)cc(F)c2)NC(=O)Cn2cnc3ccccc32)c1N(C)N.CSO. The van der Waals surface area contributed by atoms with Crippen LogP contribution < -0.4 is 27.6 Å². The Bertz CT molecular complexity index is 2020. The number of nitrogens with zero attached hydrogens (tertiary/aromatic N) is 3. The van der Waals surface area contributed by atoms with Gasteiger partial charge in [0.1, 0.15) is 18.2 Å². The Labute approximate surface area is 346 Å². The Morgan fingerprint density at radius 3 is 2.28 bits per heavy atom. The van der Waals surface area contributed by atoms with Crippen molar-refractivity contribution in [1.82, 2.24) is 14.9 Å². The third-order valence-corrected chi connectivity index (χ3v) is 13.4. The summed E-state index contributed by atoms with van der Waals surface area (Å²) in [6.07, 6.45) is 7.63. The highest BCUT2D eigenvalue weighted by Crippen LogP contribution is 2.57. The fourth-order valence-electron chi connectivity index (χ4n) is 6.73. The third kappa shape index (κ3) is 12.4. The van der Waals surface area contributed by atoms with Gasteiger partial charge >= 0.3 is 0 Å². The van der Waals surface area contributed by atoms with E-state index < -0.39 is 45.0 Å². The number of allylic oxidation sites excluding steroid dienone is 3. The quantitative estimate of drug-likeness (QED) is 0.0248. The van der Waals surface area contributed by atoms with Gasteiger partial charge in [0.25, 0.3) is 0 Å². The predicted octanol–water partition coefficient (Wildman–Crippen LogP) is 9.13. The molecule has 1 aromatic heterocycles. The zero-order valence-corrected chi connectivity index (χ0v) is 36.2. The number of fused-ring (bicyclic) bond motifs is 1. The molecule has 0 aliphatic heterocycles. The molecule has 11 nitrogen and oxygen atoms in total. The smallest absolute Gasteiger partial charge is 0.240 e. The molecule has 0 saturated carbocycles. The maximum Gasteiger partial charge on any atom is 0.240 e. The number of nitrogens with two attached hydrogens (primary N) is 3. The van der Waals surface area contributed by atoms with Crippen molar-refractivity contribution in [1.29, 1.82) is 0 Å². The van der Waals surface area contributed by atoms with Gasteiger partial charge in [-0.25, -0.2) is 19.6 Å². The monoisotopic (exact) mass is 849 g/mol. The highest BCUT2D eigenvalue weighted by molar-refractivity contribution is 8.25. The van der Waals surface area contributed by atoms with Crippen LogP contribution in [0, 0.1) is 17.6 Å². The lowest BCUT2D eigenvalue weighted by Gasteiger charge is -2.50. The number of halogens is 3. The van der Waals surface area contributed by atoms with Crippen LogP contribution in [0.5, 0.6) is 0 Å². The summed E-state index contributed by atoms with van der Waals surface area (Å²) in [5.41, 5.74) is 17.9. The second-order valence-corrected chi connectivity index (χ2v) is 19.0. The summed E-state index contributed by atoms with van der Waals surface area (Å²) in [5, 5.41) is 4.67. The summed E-state index contributed by atoms with van der Waals surface area (Å²) < 4.78 is 59.3. The number of nitrogens with one attached hydrogen (secondary N) is 1. The van der Waals surface area contributed by atoms with Crippen LogP contribution in [-0.2, 0) is 17.8 Å². The van der Waals surface area contributed by atoms with Gasteiger partial charge in [0, 0.05) is 64.5 Å². The predicted molar refractivity (Wildman–Crippen MR) is 235 cm³/mol. The molecular formula is C41H58ClF2N7O4S2. The lowest BCUT2D eigenvalue weighted by atomic mass is 9.82. The molecule has 2 unspecified atom stereocenters. The number of carbonyl (C=O) groups is 1. The fraction of sp³-hybridized carbons (Fsp3) is 0.415. The number of hydrogen-bond acceptors (Lipinski definition) is 10. The van der Waals surface area contributed by atoms with Gasteiger partial charge in [-0.05, 0) is 113 Å². The number of imidazole rings is 1. The Morgan fingerprint density at radius 1 is 1.09 bits per heavy atom. The van der Waals surface area contributed by atoms with Gasteiger partial charge in [-0.2, -0.15) is 10.6 Å². The van der Waals surface area contributed by atoms with Crippen molar-refractivity contribution in [3.63, 3.8) is 0 Å². The summed E-state index contributed by atoms with van der Waals surface area (Å²) in [6, 6.07) is 13.1. The van der Waals surface area contributed by atoms with Crippen LogP contribution in [0.3, 0.4) is 0 Å². The second kappa shape index (κ2) is 20.8. The number of anilines is 1. The van der Waals surface area contributed by atoms with Gasteiger partial charge in [-0.3, -0.25) is 13.9 Å². The first-order valence-corrected chi connectivity index (χ1v) is 21.6. The molecule has 0 bridgehead atoms. The van der Waals surface area contributed by atoms with Crippen molar-refractivity contribution < 1.29 is 27.2 Å². The second-order valence-electron chi connectivity index (χ2n) is 15.0. The molecule has 1 heterocycles. The number of hydrazine groups is 1. The van der Waals surface area contributed by atoms with Crippen molar-refractivity contribution >= 4 is 62.4 Å². The largest absolute Gasteiger partial charge is 0.402 e. The normalized spacial score (nSPS) is 14.5. The first-order valence-electron chi connectivity index (χ1n) is 18.5. The highest BCUT2D eigenvalue weighted by Gasteiger charge is 2.36. The van der Waals surface area contributed by atoms with Crippen LogP contribution in [0.2, 0.25) is 5.02 Å². The maximum atomic E-state index is 14.5. The van der Waals surface area contributed by atoms with E-state index in [0.29, 0.717) is 51.5 Å². The third-order valence-electron chi connectivity index (χ3n) is 9.91. The van der Waals surface area contributed by atoms with E-state index in [1.807, 2.05) is 57.2 Å². The van der Waals surface area contributed by atoms with Crippen LogP contribution >= 0.6 is 34.2 Å². The van der Waals surface area contributed by atoms with Gasteiger partial charge in [-0.1, -0.05) is 42.8 Å². The minimum atomic E-state index is -2.92. The average molecular weight is 851 g/mol. The number of amides is 1. The van der Waals surface area contributed by atoms with E-state index in [2.05, 4.69) is 10.3 Å². The Morgan fingerprint density at radius 2 is 1.70 bits per heavy atom. The summed E-state index contributed by atoms with van der Waals surface area (Å²) in [6.45, 7) is 10.9. The van der Waals surface area contributed by atoms with E-state index >= 15 is 0 Å². The van der Waals surface area contributed by atoms with Gasteiger partial charge in [0.2, 0.25) is 5.91 Å². The number of hydrogen-bond donors (Lipinski definition) is 7. The van der Waals surface area contributed by atoms with Gasteiger partial charge in [0.05, 0.1) is 27.8 Å². The van der Waals surface area contributed by atoms with Crippen molar-refractivity contribution in [2.45, 2.75) is 89.4 Å². The van der Waals surface area contributed by atoms with Gasteiger partial charge < -0.3 is 30.9 Å². The van der Waals surface area contributed by atoms with Gasteiger partial charge in [0.15, 0.2) is 0 Å². The standard InChI is InChI=1S/C40H54ClF2N7O3S.CH4OS/c1-24(2)54(52,53)40(5,6)17-16-30(45)12-13-31(32-14-15-33(41)38(26(4)44)39(32)49(7)46)25(3)35(20-27-18-28(42)21-29(43)19-27)48-37(51)22-50-23-47-34-10-8-9-11-36(34)50;1-3-2/h8-15,18-19,21,23-26,35,52-53H,16-17,20,22,44-46H2,1-7H3,(H,48,51);2H,1H3/b30-12-,31-13+;/t25?,26?,35-;/m0./s1. The van der Waals surface area contributed by atoms with E-state index in [1.54, 1.807) is 57.1 Å². The maximum absolute atomic E-state index is 14.5. The molecular weight excluding hydrogens is 792 g/mol. The van der Waals surface area contributed by atoms with Crippen LogP contribution in [0.1, 0.15) is 77.1 Å². The molecule has 0 saturated heterocycles. The first-order chi connectivity index (χ1) is 26.6. The summed E-state index contributed by atoms with van der Waals surface area (Å²) in [4.78, 5) is 18.2. The number of aromatic nitrogens is 2. The van der Waals surface area contributed by atoms with E-state index in [0.717, 1.165) is 29.1 Å². The minimum Gasteiger partial charge on any atom is -0.402 e. The van der Waals surface area contributed by atoms with Crippen molar-refractivity contribution in [3.8, 4) is 0 Å². The molecule has 57 heavy (non-hydrogen) atoms. The Hall–Kier alpha value is -3.67. The van der Waals surface area contributed by atoms with Crippen molar-refractivity contribution in [2.24, 2.45) is 23.2 Å². The molecule has 0 radical (unpaired) electrons. The summed E-state index contributed by atoms with van der Waals surface area (Å²) in [5.74, 6) is 4.13. The topological polar surface area (TPSA) is 189 Å². The van der Waals surface area contributed by atoms with Crippen LogP contribution in [0.15, 0.2) is 78.8 Å². The molecule has 10 N–H and O–H groups in total. The lowest BCUT2D eigenvalue weighted by molar-refractivity contribution is -0.122. The zero-order chi connectivity index (χ0) is 42.8. The van der Waals surface area contributed by atoms with E-state index in [9.17, 15) is 22.7 Å². The highest BCUT2D eigenvalue weighted by atomic mass is 35.5. The molecule has 3 atom stereocenters. The number of benzene rings is 3. The minimum absolute atomic E-state index is 0.0505. The van der Waals surface area contributed by atoms with E-state index in [4.69, 9.17) is 33.5 Å². The molecule has 3 aromatic carbocycles. The molecule has 4 rings (SSSR count). The molecule has 0 aliphatic rings. The Balaban J connectivity index is 0.00000281. The molecule has 4 aromatic rings. The van der Waals surface area contributed by atoms with Crippen molar-refractivity contribution in [2.75, 3.05) is 18.3 Å². The number of carbonyl (C=O) groups excluding carboxylic acids is 1. The molecule has 1 amide bonds. The first kappa shape index (κ1) is 47.7. The van der Waals surface area contributed by atoms with Gasteiger partial charge in [-0.15, -0.1) is 0 Å². The lowest BCUT2D eigenvalue weighted by Crippen LogP contribution is -2.43. The summed E-state index contributed by atoms with van der Waals surface area (Å²) >= 11 is 7.43. The van der Waals surface area contributed by atoms with Crippen LogP contribution in [0.25, 0.3) is 16.6 Å². The van der Waals surface area contributed by atoms with E-state index in [-0.39, 0.29) is 24.1 Å². The molecule has 0 aliphatic carbocycles. The van der Waals surface area contributed by atoms with Crippen LogP contribution in [0.4, 0.5) is 14.5 Å². The molecule has 16 heteroatoms. The van der Waals surface area contributed by atoms with Crippen molar-refractivity contribution in [3.05, 3.63) is 112 Å². The van der Waals surface area contributed by atoms with E-state index in [1.165, 1.54) is 17.1 Å². The fourth-order valence-corrected chi connectivity index (χ4v) is 8.73. The zero-order valence-electron chi connectivity index (χ0n) is 33.8. The number of rotatable bonds is 16. The summed E-state index contributed by atoms with van der Waals surface area (Å²) in [7, 11) is -1.25. The molecule has 0 fully saturated rings. The Kier molecular flexibility index (Phi) is 17.4. The average Bonchev–Trinajstić information content (AvgIpc) is 3.52. The molecule has 314 valence electrons. The number of para-hydroxylation sites is 2.